The van der Waals surface area contributed by atoms with E-state index in [1.54, 1.807) is 12.1 Å². The summed E-state index contributed by atoms with van der Waals surface area (Å²) >= 11 is 0. The molecule has 0 radical (unpaired) electrons. The highest BCUT2D eigenvalue weighted by Crippen LogP contribution is 2.06. The van der Waals surface area contributed by atoms with Crippen molar-refractivity contribution >= 4 is 5.91 Å². The maximum atomic E-state index is 12.0. The Balaban J connectivity index is 1.95. The van der Waals surface area contributed by atoms with E-state index < -0.39 is 0 Å². The quantitative estimate of drug-likeness (QED) is 0.850. The number of nitrogens with one attached hydrogen (secondary N) is 2. The highest BCUT2D eigenvalue weighted by atomic mass is 16.1. The first-order chi connectivity index (χ1) is 10.0. The van der Waals surface area contributed by atoms with Gasteiger partial charge in [0.05, 0.1) is 18.6 Å². The van der Waals surface area contributed by atoms with Gasteiger partial charge in [0.15, 0.2) is 0 Å². The minimum Gasteiger partial charge on any atom is -0.346 e. The zero-order valence-electron chi connectivity index (χ0n) is 12.1. The Kier molecular flexibility index (Phi) is 4.84. The summed E-state index contributed by atoms with van der Waals surface area (Å²) < 4.78 is 0. The minimum atomic E-state index is -0.234. The molecule has 2 aromatic rings. The highest BCUT2D eigenvalue weighted by molar-refractivity contribution is 5.94. The van der Waals surface area contributed by atoms with Gasteiger partial charge in [0.1, 0.15) is 0 Å². The van der Waals surface area contributed by atoms with Gasteiger partial charge in [0, 0.05) is 18.2 Å². The average Bonchev–Trinajstić information content (AvgIpc) is 2.45. The molecule has 0 saturated carbocycles. The number of amides is 1. The fourth-order valence-electron chi connectivity index (χ4n) is 1.91. The fraction of sp³-hybridized carbons (Fsp3) is 0.267. The zero-order valence-corrected chi connectivity index (χ0v) is 12.1. The Bertz CT molecular complexity index is 662. The Hall–Kier alpha value is -2.47. The predicted octanol–water partition coefficient (Wildman–Crippen LogP) is 0.761. The lowest BCUT2D eigenvalue weighted by Crippen LogP contribution is -2.24. The van der Waals surface area contributed by atoms with Gasteiger partial charge in [-0.1, -0.05) is 12.1 Å². The third kappa shape index (κ3) is 4.54. The second-order valence-corrected chi connectivity index (χ2v) is 5.02. The standard InChI is InChI=1S/C15H18N4O2/c1-19(2)9-11-3-5-12(6-4-11)15(21)16-8-13-7-14(20)18-10-17-13/h3-7,10H,8-9H2,1-2H3,(H,16,21)(H,17,18,20). The molecule has 0 aliphatic carbocycles. The lowest BCUT2D eigenvalue weighted by atomic mass is 10.1. The van der Waals surface area contributed by atoms with Gasteiger partial charge in [-0.2, -0.15) is 0 Å². The van der Waals surface area contributed by atoms with Crippen LogP contribution in [0.25, 0.3) is 0 Å². The first-order valence-corrected chi connectivity index (χ1v) is 6.60. The number of benzene rings is 1. The largest absolute Gasteiger partial charge is 0.346 e. The molecule has 110 valence electrons. The van der Waals surface area contributed by atoms with Crippen LogP contribution in [0.15, 0.2) is 41.5 Å². The Morgan fingerprint density at radius 2 is 2.00 bits per heavy atom. The van der Waals surface area contributed by atoms with Crippen LogP contribution in [0, 0.1) is 0 Å². The Morgan fingerprint density at radius 3 is 2.62 bits per heavy atom. The van der Waals surface area contributed by atoms with Crippen molar-refractivity contribution in [1.29, 1.82) is 0 Å². The molecule has 1 amide bonds. The van der Waals surface area contributed by atoms with Crippen LogP contribution in [0.4, 0.5) is 0 Å². The first kappa shape index (κ1) is 14.9. The van der Waals surface area contributed by atoms with E-state index >= 15 is 0 Å². The topological polar surface area (TPSA) is 78.1 Å². The maximum Gasteiger partial charge on any atom is 0.251 e. The molecule has 0 bridgehead atoms. The minimum absolute atomic E-state index is 0.187. The Labute approximate surface area is 122 Å². The summed E-state index contributed by atoms with van der Waals surface area (Å²) in [6.45, 7) is 1.06. The predicted molar refractivity (Wildman–Crippen MR) is 79.9 cm³/mol. The lowest BCUT2D eigenvalue weighted by Gasteiger charge is -2.10. The van der Waals surface area contributed by atoms with Gasteiger partial charge < -0.3 is 15.2 Å². The second-order valence-electron chi connectivity index (χ2n) is 5.02. The normalized spacial score (nSPS) is 10.6. The van der Waals surface area contributed by atoms with E-state index in [1.807, 2.05) is 26.2 Å². The number of rotatable bonds is 5. The van der Waals surface area contributed by atoms with Crippen LogP contribution in [0.1, 0.15) is 21.6 Å². The van der Waals surface area contributed by atoms with Crippen molar-refractivity contribution in [2.24, 2.45) is 0 Å². The number of carbonyl (C=O) groups is 1. The molecule has 0 aliphatic rings. The number of hydrogen-bond donors (Lipinski definition) is 2. The number of H-pyrrole nitrogens is 1. The SMILES string of the molecule is CN(C)Cc1ccc(C(=O)NCc2cc(=O)[nH]cn2)cc1. The van der Waals surface area contributed by atoms with E-state index in [0.717, 1.165) is 12.1 Å². The van der Waals surface area contributed by atoms with Gasteiger partial charge in [-0.3, -0.25) is 9.59 Å². The van der Waals surface area contributed by atoms with E-state index in [9.17, 15) is 9.59 Å². The number of aromatic amines is 1. The monoisotopic (exact) mass is 286 g/mol. The lowest BCUT2D eigenvalue weighted by molar-refractivity contribution is 0.0950. The van der Waals surface area contributed by atoms with Gasteiger partial charge in [0.2, 0.25) is 0 Å². The molecule has 0 aliphatic heterocycles. The van der Waals surface area contributed by atoms with Crippen molar-refractivity contribution in [3.8, 4) is 0 Å². The van der Waals surface area contributed by atoms with Crippen molar-refractivity contribution in [3.63, 3.8) is 0 Å². The molecule has 6 nitrogen and oxygen atoms in total. The maximum absolute atomic E-state index is 12.0. The molecule has 1 aromatic heterocycles. The summed E-state index contributed by atoms with van der Waals surface area (Å²) in [5.41, 5.74) is 2.02. The van der Waals surface area contributed by atoms with Gasteiger partial charge in [-0.05, 0) is 31.8 Å². The summed E-state index contributed by atoms with van der Waals surface area (Å²) in [4.78, 5) is 31.6. The van der Waals surface area contributed by atoms with Crippen LogP contribution in [0.3, 0.4) is 0 Å². The summed E-state index contributed by atoms with van der Waals surface area (Å²) in [6, 6.07) is 8.81. The van der Waals surface area contributed by atoms with Crippen molar-refractivity contribution in [3.05, 3.63) is 63.8 Å². The van der Waals surface area contributed by atoms with E-state index in [1.165, 1.54) is 12.4 Å². The molecule has 0 unspecified atom stereocenters. The number of carbonyl (C=O) groups excluding carboxylic acids is 1. The Morgan fingerprint density at radius 1 is 1.29 bits per heavy atom. The molecule has 2 rings (SSSR count). The summed E-state index contributed by atoms with van der Waals surface area (Å²) in [5.74, 6) is -0.187. The average molecular weight is 286 g/mol. The van der Waals surface area contributed by atoms with E-state index in [4.69, 9.17) is 0 Å². The van der Waals surface area contributed by atoms with Gasteiger partial charge in [0.25, 0.3) is 11.5 Å². The van der Waals surface area contributed by atoms with Crippen LogP contribution in [-0.2, 0) is 13.1 Å². The molecule has 1 aromatic carbocycles. The van der Waals surface area contributed by atoms with Crippen molar-refractivity contribution in [1.82, 2.24) is 20.2 Å². The number of hydrogen-bond acceptors (Lipinski definition) is 4. The third-order valence-electron chi connectivity index (χ3n) is 2.88. The van der Waals surface area contributed by atoms with E-state index in [-0.39, 0.29) is 18.0 Å². The van der Waals surface area contributed by atoms with Crippen LogP contribution in [0.2, 0.25) is 0 Å². The fourth-order valence-corrected chi connectivity index (χ4v) is 1.91. The van der Waals surface area contributed by atoms with Crippen LogP contribution < -0.4 is 10.9 Å². The number of nitrogens with zero attached hydrogens (tertiary/aromatic N) is 2. The second kappa shape index (κ2) is 6.81. The van der Waals surface area contributed by atoms with Crippen molar-refractivity contribution < 1.29 is 4.79 Å². The summed E-state index contributed by atoms with van der Waals surface area (Å²) in [6.07, 6.45) is 1.32. The first-order valence-electron chi connectivity index (χ1n) is 6.60. The van der Waals surface area contributed by atoms with Gasteiger partial charge in [-0.25, -0.2) is 4.98 Å². The number of aromatic nitrogens is 2. The molecule has 0 saturated heterocycles. The molecule has 0 atom stereocenters. The highest BCUT2D eigenvalue weighted by Gasteiger charge is 2.06. The van der Waals surface area contributed by atoms with Gasteiger partial charge in [-0.15, -0.1) is 0 Å². The van der Waals surface area contributed by atoms with E-state index in [0.29, 0.717) is 11.3 Å². The molecule has 6 heteroatoms. The molecular formula is C15H18N4O2. The molecule has 0 spiro atoms. The summed E-state index contributed by atoms with van der Waals surface area (Å²) in [5, 5.41) is 2.74. The summed E-state index contributed by atoms with van der Waals surface area (Å²) in [7, 11) is 3.99. The third-order valence-corrected chi connectivity index (χ3v) is 2.88. The smallest absolute Gasteiger partial charge is 0.251 e. The zero-order chi connectivity index (χ0) is 15.2. The molecule has 2 N–H and O–H groups in total. The molecular weight excluding hydrogens is 268 g/mol. The molecule has 21 heavy (non-hydrogen) atoms. The molecule has 0 fully saturated rings. The van der Waals surface area contributed by atoms with Crippen molar-refractivity contribution in [2.45, 2.75) is 13.1 Å². The van der Waals surface area contributed by atoms with Gasteiger partial charge >= 0.3 is 0 Å². The van der Waals surface area contributed by atoms with Crippen LogP contribution in [-0.4, -0.2) is 34.9 Å². The van der Waals surface area contributed by atoms with E-state index in [2.05, 4.69) is 20.2 Å². The molecule has 1 heterocycles. The van der Waals surface area contributed by atoms with Crippen molar-refractivity contribution in [2.75, 3.05) is 14.1 Å². The van der Waals surface area contributed by atoms with Crippen LogP contribution in [0.5, 0.6) is 0 Å². The van der Waals surface area contributed by atoms with Crippen LogP contribution >= 0.6 is 0 Å².